The molecule has 7 nitrogen and oxygen atoms in total. The van der Waals surface area contributed by atoms with Crippen molar-refractivity contribution in [3.63, 3.8) is 0 Å². The van der Waals surface area contributed by atoms with Crippen LogP contribution in [0.3, 0.4) is 0 Å². The molecule has 30 heavy (non-hydrogen) atoms. The highest BCUT2D eigenvalue weighted by Gasteiger charge is 2.27. The van der Waals surface area contributed by atoms with E-state index in [1.807, 2.05) is 38.1 Å². The highest BCUT2D eigenvalue weighted by molar-refractivity contribution is 5.99. The predicted octanol–water partition coefficient (Wildman–Crippen LogP) is 2.93. The summed E-state index contributed by atoms with van der Waals surface area (Å²) in [5, 5.41) is 0. The number of piperidine rings is 1. The second-order valence-electron chi connectivity index (χ2n) is 7.94. The monoisotopic (exact) mass is 412 g/mol. The zero-order chi connectivity index (χ0) is 21.3. The molecular formula is C23H28N2O5. The molecule has 4 rings (SSSR count). The molecule has 2 aromatic rings. The highest BCUT2D eigenvalue weighted by Crippen LogP contribution is 2.33. The van der Waals surface area contributed by atoms with Gasteiger partial charge in [0, 0.05) is 28.7 Å². The highest BCUT2D eigenvalue weighted by atomic mass is 16.6. The van der Waals surface area contributed by atoms with Gasteiger partial charge in [0.25, 0.3) is 0 Å². The quantitative estimate of drug-likeness (QED) is 0.556. The van der Waals surface area contributed by atoms with Crippen LogP contribution >= 0.6 is 0 Å². The standard InChI is InChI=1S/C23H28N2O5/c1-15-12-19(20(26)14-24-8-6-17(7-9-24)23(27)28-3)16(2)25(15)18-4-5-21-22(13-18)30-11-10-29-21/h4-5,12-13,17H,6-11,14H2,1-3H3. The maximum atomic E-state index is 13.0. The smallest absolute Gasteiger partial charge is 0.308 e. The molecule has 0 unspecified atom stereocenters. The second kappa shape index (κ2) is 8.52. The summed E-state index contributed by atoms with van der Waals surface area (Å²) < 4.78 is 18.2. The van der Waals surface area contributed by atoms with E-state index in [-0.39, 0.29) is 17.7 Å². The van der Waals surface area contributed by atoms with Crippen LogP contribution in [0.4, 0.5) is 0 Å². The van der Waals surface area contributed by atoms with Crippen molar-refractivity contribution in [1.82, 2.24) is 9.47 Å². The van der Waals surface area contributed by atoms with E-state index in [4.69, 9.17) is 14.2 Å². The topological polar surface area (TPSA) is 70.0 Å². The number of aryl methyl sites for hydroxylation is 1. The number of Topliss-reactive ketones (excluding diaryl/α,β-unsaturated/α-hetero) is 1. The van der Waals surface area contributed by atoms with Crippen LogP contribution in [-0.4, -0.2) is 61.2 Å². The average Bonchev–Trinajstić information content (AvgIpc) is 3.07. The molecule has 1 fully saturated rings. The second-order valence-corrected chi connectivity index (χ2v) is 7.94. The summed E-state index contributed by atoms with van der Waals surface area (Å²) in [4.78, 5) is 26.9. The number of fused-ring (bicyclic) bond motifs is 1. The maximum Gasteiger partial charge on any atom is 0.308 e. The number of aromatic nitrogens is 1. The molecule has 0 spiro atoms. The lowest BCUT2D eigenvalue weighted by molar-refractivity contribution is -0.146. The van der Waals surface area contributed by atoms with Crippen LogP contribution in [0, 0.1) is 19.8 Å². The Morgan fingerprint density at radius 1 is 1.07 bits per heavy atom. The SMILES string of the molecule is COC(=O)C1CCN(CC(=O)c2cc(C)n(-c3ccc4c(c3)OCCO4)c2C)CC1. The van der Waals surface area contributed by atoms with Gasteiger partial charge in [0.15, 0.2) is 17.3 Å². The van der Waals surface area contributed by atoms with Crippen molar-refractivity contribution in [2.24, 2.45) is 5.92 Å². The molecule has 1 saturated heterocycles. The number of benzene rings is 1. The summed E-state index contributed by atoms with van der Waals surface area (Å²) in [7, 11) is 1.43. The minimum atomic E-state index is -0.149. The van der Waals surface area contributed by atoms with Gasteiger partial charge in [-0.25, -0.2) is 0 Å². The van der Waals surface area contributed by atoms with Crippen LogP contribution in [0.2, 0.25) is 0 Å². The Hall–Kier alpha value is -2.80. The van der Waals surface area contributed by atoms with Crippen LogP contribution in [0.25, 0.3) is 5.69 Å². The molecule has 0 amide bonds. The molecule has 1 aromatic heterocycles. The predicted molar refractivity (Wildman–Crippen MR) is 112 cm³/mol. The first-order chi connectivity index (χ1) is 14.5. The molecule has 2 aliphatic rings. The fourth-order valence-electron chi connectivity index (χ4n) is 4.40. The lowest BCUT2D eigenvalue weighted by Gasteiger charge is -2.29. The van der Waals surface area contributed by atoms with Crippen molar-refractivity contribution < 1.29 is 23.8 Å². The van der Waals surface area contributed by atoms with Crippen LogP contribution in [-0.2, 0) is 9.53 Å². The normalized spacial score (nSPS) is 17.0. The first-order valence-electron chi connectivity index (χ1n) is 10.4. The van der Waals surface area contributed by atoms with Gasteiger partial charge in [-0.3, -0.25) is 14.5 Å². The Bertz CT molecular complexity index is 957. The molecule has 0 bridgehead atoms. The number of carbonyl (C=O) groups is 2. The zero-order valence-electron chi connectivity index (χ0n) is 17.8. The van der Waals surface area contributed by atoms with Gasteiger partial charge in [-0.2, -0.15) is 0 Å². The van der Waals surface area contributed by atoms with Crippen LogP contribution in [0.1, 0.15) is 34.6 Å². The number of likely N-dealkylation sites (tertiary alicyclic amines) is 1. The van der Waals surface area contributed by atoms with Crippen molar-refractivity contribution in [3.05, 3.63) is 41.2 Å². The Kier molecular flexibility index (Phi) is 5.81. The minimum absolute atomic E-state index is 0.0541. The van der Waals surface area contributed by atoms with Crippen molar-refractivity contribution in [1.29, 1.82) is 0 Å². The summed E-state index contributed by atoms with van der Waals surface area (Å²) >= 11 is 0. The van der Waals surface area contributed by atoms with Gasteiger partial charge in [-0.15, -0.1) is 0 Å². The van der Waals surface area contributed by atoms with Crippen molar-refractivity contribution >= 4 is 11.8 Å². The molecule has 1 aromatic carbocycles. The number of methoxy groups -OCH3 is 1. The number of hydrogen-bond acceptors (Lipinski definition) is 6. The number of esters is 1. The Morgan fingerprint density at radius 3 is 2.47 bits per heavy atom. The number of carbonyl (C=O) groups excluding carboxylic acids is 2. The molecule has 0 radical (unpaired) electrons. The lowest BCUT2D eigenvalue weighted by Crippen LogP contribution is -2.39. The lowest BCUT2D eigenvalue weighted by atomic mass is 9.96. The molecule has 3 heterocycles. The summed E-state index contributed by atoms with van der Waals surface area (Å²) in [5.74, 6) is 1.38. The first kappa shape index (κ1) is 20.5. The largest absolute Gasteiger partial charge is 0.486 e. The molecule has 0 N–H and O–H groups in total. The number of rotatable bonds is 5. The van der Waals surface area contributed by atoms with Gasteiger partial charge >= 0.3 is 5.97 Å². The molecule has 0 aliphatic carbocycles. The fraction of sp³-hybridized carbons (Fsp3) is 0.478. The first-order valence-corrected chi connectivity index (χ1v) is 10.4. The van der Waals surface area contributed by atoms with Gasteiger partial charge in [0.2, 0.25) is 0 Å². The van der Waals surface area contributed by atoms with Crippen LogP contribution in [0.15, 0.2) is 24.3 Å². The van der Waals surface area contributed by atoms with E-state index >= 15 is 0 Å². The van der Waals surface area contributed by atoms with Crippen molar-refractivity contribution in [3.8, 4) is 17.2 Å². The van der Waals surface area contributed by atoms with E-state index in [0.29, 0.717) is 19.8 Å². The summed E-state index contributed by atoms with van der Waals surface area (Å²) in [6, 6.07) is 7.81. The van der Waals surface area contributed by atoms with Gasteiger partial charge < -0.3 is 18.8 Å². The van der Waals surface area contributed by atoms with E-state index in [1.54, 1.807) is 0 Å². The number of ketones is 1. The molecule has 160 valence electrons. The van der Waals surface area contributed by atoms with Crippen molar-refractivity contribution in [2.75, 3.05) is 40.0 Å². The number of nitrogens with zero attached hydrogens (tertiary/aromatic N) is 2. The third-order valence-corrected chi connectivity index (χ3v) is 6.00. The molecule has 0 atom stereocenters. The molecule has 0 saturated carbocycles. The van der Waals surface area contributed by atoms with Crippen LogP contribution in [0.5, 0.6) is 11.5 Å². The van der Waals surface area contributed by atoms with Gasteiger partial charge in [-0.05, 0) is 58.0 Å². The third kappa shape index (κ3) is 3.94. The summed E-state index contributed by atoms with van der Waals surface area (Å²) in [5.41, 5.74) is 3.60. The fourth-order valence-corrected chi connectivity index (χ4v) is 4.40. The average molecular weight is 412 g/mol. The summed E-state index contributed by atoms with van der Waals surface area (Å²) in [6.45, 7) is 6.89. The Morgan fingerprint density at radius 2 is 1.77 bits per heavy atom. The summed E-state index contributed by atoms with van der Waals surface area (Å²) in [6.07, 6.45) is 1.46. The number of ether oxygens (including phenoxy) is 3. The van der Waals surface area contributed by atoms with E-state index < -0.39 is 0 Å². The van der Waals surface area contributed by atoms with E-state index in [2.05, 4.69) is 9.47 Å². The van der Waals surface area contributed by atoms with E-state index in [0.717, 1.165) is 60.1 Å². The minimum Gasteiger partial charge on any atom is -0.486 e. The Balaban J connectivity index is 1.48. The Labute approximate surface area is 176 Å². The van der Waals surface area contributed by atoms with Gasteiger partial charge in [0.1, 0.15) is 13.2 Å². The van der Waals surface area contributed by atoms with Crippen LogP contribution < -0.4 is 9.47 Å². The molecule has 7 heteroatoms. The third-order valence-electron chi connectivity index (χ3n) is 6.00. The number of hydrogen-bond donors (Lipinski definition) is 0. The van der Waals surface area contributed by atoms with Gasteiger partial charge in [-0.1, -0.05) is 0 Å². The molecular weight excluding hydrogens is 384 g/mol. The maximum absolute atomic E-state index is 13.0. The van der Waals surface area contributed by atoms with Gasteiger partial charge in [0.05, 0.1) is 19.6 Å². The zero-order valence-corrected chi connectivity index (χ0v) is 17.8. The van der Waals surface area contributed by atoms with E-state index in [9.17, 15) is 9.59 Å². The van der Waals surface area contributed by atoms with E-state index in [1.165, 1.54) is 7.11 Å². The molecule has 2 aliphatic heterocycles. The van der Waals surface area contributed by atoms with Crippen molar-refractivity contribution in [2.45, 2.75) is 26.7 Å².